The molecular weight excluding hydrogens is 268 g/mol. The van der Waals surface area contributed by atoms with Gasteiger partial charge in [-0.2, -0.15) is 0 Å². The fourth-order valence-electron chi connectivity index (χ4n) is 3.12. The Morgan fingerprint density at radius 2 is 2.05 bits per heavy atom. The molecule has 0 radical (unpaired) electrons. The molecule has 3 rings (SSSR count). The smallest absolute Gasteiger partial charge is 0.250 e. The van der Waals surface area contributed by atoms with Crippen LogP contribution in [0.5, 0.6) is 0 Å². The van der Waals surface area contributed by atoms with Crippen LogP contribution in [0.2, 0.25) is 0 Å². The van der Waals surface area contributed by atoms with Crippen LogP contribution in [0.25, 0.3) is 0 Å². The van der Waals surface area contributed by atoms with Crippen LogP contribution >= 0.6 is 0 Å². The molecule has 0 aliphatic carbocycles. The van der Waals surface area contributed by atoms with Crippen molar-refractivity contribution in [3.63, 3.8) is 0 Å². The van der Waals surface area contributed by atoms with Gasteiger partial charge in [-0.3, -0.25) is 9.59 Å². The highest BCUT2D eigenvalue weighted by Crippen LogP contribution is 2.37. The molecule has 0 spiro atoms. The lowest BCUT2D eigenvalue weighted by Gasteiger charge is -2.35. The maximum atomic E-state index is 12.0. The van der Waals surface area contributed by atoms with Gasteiger partial charge in [0, 0.05) is 25.3 Å². The quantitative estimate of drug-likeness (QED) is 0.920. The van der Waals surface area contributed by atoms with Crippen molar-refractivity contribution < 1.29 is 14.3 Å². The fraction of sp³-hybridized carbons (Fsp3) is 0.500. The molecule has 0 fully saturated rings. The molecule has 0 bridgehead atoms. The van der Waals surface area contributed by atoms with E-state index in [4.69, 9.17) is 4.74 Å². The lowest BCUT2D eigenvalue weighted by atomic mass is 9.91. The Labute approximate surface area is 124 Å². The standard InChI is InChI=1S/C16H20N2O3/c1-2-21-10-14(19)17-13-8-11-4-3-7-18-15(20)6-5-12(9-13)16(11)18/h8-9H,2-7,10H2,1H3,(H,17,19). The highest BCUT2D eigenvalue weighted by atomic mass is 16.5. The van der Waals surface area contributed by atoms with Crippen LogP contribution in [0.1, 0.15) is 30.9 Å². The van der Waals surface area contributed by atoms with E-state index in [1.54, 1.807) is 0 Å². The number of nitrogens with zero attached hydrogens (tertiary/aromatic N) is 1. The van der Waals surface area contributed by atoms with Crippen LogP contribution in [0, 0.1) is 0 Å². The first-order valence-corrected chi connectivity index (χ1v) is 7.53. The number of benzene rings is 1. The van der Waals surface area contributed by atoms with Gasteiger partial charge in [-0.05, 0) is 49.4 Å². The highest BCUT2D eigenvalue weighted by molar-refractivity contribution is 5.99. The average molecular weight is 288 g/mol. The molecule has 0 saturated heterocycles. The summed E-state index contributed by atoms with van der Waals surface area (Å²) in [6.45, 7) is 3.28. The summed E-state index contributed by atoms with van der Waals surface area (Å²) >= 11 is 0. The molecule has 0 aromatic heterocycles. The summed E-state index contributed by atoms with van der Waals surface area (Å²) in [4.78, 5) is 25.7. The number of carbonyl (C=O) groups excluding carboxylic acids is 2. The zero-order chi connectivity index (χ0) is 14.8. The molecule has 1 aromatic rings. The summed E-state index contributed by atoms with van der Waals surface area (Å²) in [7, 11) is 0. The topological polar surface area (TPSA) is 58.6 Å². The van der Waals surface area contributed by atoms with Gasteiger partial charge < -0.3 is 15.0 Å². The van der Waals surface area contributed by atoms with Crippen molar-refractivity contribution in [3.05, 3.63) is 23.3 Å². The van der Waals surface area contributed by atoms with Crippen LogP contribution in [0.15, 0.2) is 12.1 Å². The monoisotopic (exact) mass is 288 g/mol. The molecule has 112 valence electrons. The van der Waals surface area contributed by atoms with Gasteiger partial charge in [-0.1, -0.05) is 0 Å². The fourth-order valence-corrected chi connectivity index (χ4v) is 3.12. The first kappa shape index (κ1) is 14.1. The molecule has 0 atom stereocenters. The van der Waals surface area contributed by atoms with Crippen molar-refractivity contribution in [1.82, 2.24) is 0 Å². The van der Waals surface area contributed by atoms with E-state index >= 15 is 0 Å². The Kier molecular flexibility index (Phi) is 3.92. The lowest BCUT2D eigenvalue weighted by Crippen LogP contribution is -2.39. The van der Waals surface area contributed by atoms with E-state index in [0.717, 1.165) is 37.2 Å². The first-order valence-electron chi connectivity index (χ1n) is 7.53. The van der Waals surface area contributed by atoms with Gasteiger partial charge >= 0.3 is 0 Å². The van der Waals surface area contributed by atoms with Gasteiger partial charge in [0.1, 0.15) is 6.61 Å². The molecule has 2 heterocycles. The number of anilines is 2. The Morgan fingerprint density at radius 1 is 1.29 bits per heavy atom. The molecular formula is C16H20N2O3. The highest BCUT2D eigenvalue weighted by Gasteiger charge is 2.29. The zero-order valence-electron chi connectivity index (χ0n) is 12.3. The Balaban J connectivity index is 1.86. The maximum absolute atomic E-state index is 12.0. The molecule has 2 amide bonds. The average Bonchev–Trinajstić information content (AvgIpc) is 2.48. The largest absolute Gasteiger partial charge is 0.372 e. The Bertz CT molecular complexity index is 566. The molecule has 5 nitrogen and oxygen atoms in total. The molecule has 0 saturated carbocycles. The number of carbonyl (C=O) groups is 2. The summed E-state index contributed by atoms with van der Waals surface area (Å²) in [5.41, 5.74) is 4.22. The van der Waals surface area contributed by atoms with Crippen molar-refractivity contribution in [2.45, 2.75) is 32.6 Å². The van der Waals surface area contributed by atoms with E-state index in [9.17, 15) is 9.59 Å². The second-order valence-electron chi connectivity index (χ2n) is 5.48. The minimum Gasteiger partial charge on any atom is -0.372 e. The van der Waals surface area contributed by atoms with Crippen molar-refractivity contribution in [2.24, 2.45) is 0 Å². The predicted molar refractivity (Wildman–Crippen MR) is 80.6 cm³/mol. The molecule has 2 aliphatic rings. The third kappa shape index (κ3) is 2.78. The number of hydrogen-bond donors (Lipinski definition) is 1. The Hall–Kier alpha value is -1.88. The van der Waals surface area contributed by atoms with Gasteiger partial charge in [-0.15, -0.1) is 0 Å². The number of aryl methyl sites for hydroxylation is 2. The summed E-state index contributed by atoms with van der Waals surface area (Å²) < 4.78 is 5.11. The number of rotatable bonds is 4. The van der Waals surface area contributed by atoms with Crippen molar-refractivity contribution in [3.8, 4) is 0 Å². The summed E-state index contributed by atoms with van der Waals surface area (Å²) in [6.07, 6.45) is 3.26. The number of ether oxygens (including phenoxy) is 1. The molecule has 5 heteroatoms. The van der Waals surface area contributed by atoms with Crippen LogP contribution in [-0.4, -0.2) is 31.6 Å². The van der Waals surface area contributed by atoms with Crippen molar-refractivity contribution in [1.29, 1.82) is 0 Å². The number of amides is 2. The number of nitrogens with one attached hydrogen (secondary N) is 1. The van der Waals surface area contributed by atoms with Crippen molar-refractivity contribution >= 4 is 23.2 Å². The zero-order valence-corrected chi connectivity index (χ0v) is 12.3. The molecule has 2 aliphatic heterocycles. The van der Waals surface area contributed by atoms with E-state index in [0.29, 0.717) is 13.0 Å². The van der Waals surface area contributed by atoms with E-state index in [1.807, 2.05) is 24.0 Å². The first-order chi connectivity index (χ1) is 10.2. The summed E-state index contributed by atoms with van der Waals surface area (Å²) in [5, 5.41) is 2.88. The second-order valence-corrected chi connectivity index (χ2v) is 5.48. The normalized spacial score (nSPS) is 16.6. The van der Waals surface area contributed by atoms with E-state index in [2.05, 4.69) is 5.32 Å². The van der Waals surface area contributed by atoms with Crippen LogP contribution in [0.4, 0.5) is 11.4 Å². The molecule has 1 N–H and O–H groups in total. The molecule has 1 aromatic carbocycles. The molecule has 21 heavy (non-hydrogen) atoms. The van der Waals surface area contributed by atoms with Gasteiger partial charge in [-0.25, -0.2) is 0 Å². The van der Waals surface area contributed by atoms with Gasteiger partial charge in [0.05, 0.1) is 5.69 Å². The van der Waals surface area contributed by atoms with Crippen molar-refractivity contribution in [2.75, 3.05) is 30.0 Å². The Morgan fingerprint density at radius 3 is 2.81 bits per heavy atom. The predicted octanol–water partition coefficient (Wildman–Crippen LogP) is 1.89. The minimum atomic E-state index is -0.136. The van der Waals surface area contributed by atoms with Crippen LogP contribution < -0.4 is 10.2 Å². The third-order valence-electron chi connectivity index (χ3n) is 4.00. The van der Waals surface area contributed by atoms with Gasteiger partial charge in [0.15, 0.2) is 0 Å². The summed E-state index contributed by atoms with van der Waals surface area (Å²) in [5.74, 6) is 0.0835. The molecule has 0 unspecified atom stereocenters. The van der Waals surface area contributed by atoms with Crippen LogP contribution in [0.3, 0.4) is 0 Å². The SMILES string of the molecule is CCOCC(=O)Nc1cc2c3c(c1)CCC(=O)N3CCC2. The van der Waals surface area contributed by atoms with E-state index in [-0.39, 0.29) is 18.4 Å². The van der Waals surface area contributed by atoms with Gasteiger partial charge in [0.25, 0.3) is 0 Å². The van der Waals surface area contributed by atoms with E-state index in [1.165, 1.54) is 11.1 Å². The lowest BCUT2D eigenvalue weighted by molar-refractivity contribution is -0.120. The minimum absolute atomic E-state index is 0.0769. The van der Waals surface area contributed by atoms with Crippen LogP contribution in [-0.2, 0) is 27.2 Å². The third-order valence-corrected chi connectivity index (χ3v) is 4.00. The van der Waals surface area contributed by atoms with E-state index < -0.39 is 0 Å². The summed E-state index contributed by atoms with van der Waals surface area (Å²) in [6, 6.07) is 3.99. The maximum Gasteiger partial charge on any atom is 0.250 e. The number of hydrogen-bond acceptors (Lipinski definition) is 3. The van der Waals surface area contributed by atoms with Gasteiger partial charge in [0.2, 0.25) is 11.8 Å². The second kappa shape index (κ2) is 5.85.